The van der Waals surface area contributed by atoms with Crippen LogP contribution < -0.4 is 4.74 Å². The van der Waals surface area contributed by atoms with E-state index < -0.39 is 0 Å². The molecule has 0 atom stereocenters. The lowest BCUT2D eigenvalue weighted by Gasteiger charge is -2.06. The summed E-state index contributed by atoms with van der Waals surface area (Å²) in [4.78, 5) is 17.3. The Hall–Kier alpha value is -1.20. The largest absolute Gasteiger partial charge is 0.497 e. The molecule has 1 aromatic heterocycles. The number of carbonyl (C=O) groups excluding carboxylic acids is 1. The molecule has 0 bridgehead atoms. The molecule has 0 unspecified atom stereocenters. The quantitative estimate of drug-likeness (QED) is 0.791. The highest BCUT2D eigenvalue weighted by Gasteiger charge is 2.16. The molecule has 0 fully saturated rings. The summed E-state index contributed by atoms with van der Waals surface area (Å²) in [7, 11) is 1.62. The zero-order valence-electron chi connectivity index (χ0n) is 11.0. The molecule has 0 amide bonds. The van der Waals surface area contributed by atoms with Gasteiger partial charge in [-0.2, -0.15) is 0 Å². The minimum atomic E-state index is 0.0945. The van der Waals surface area contributed by atoms with Gasteiger partial charge >= 0.3 is 0 Å². The summed E-state index contributed by atoms with van der Waals surface area (Å²) in [5, 5.41) is 0.922. The molecule has 2 rings (SSSR count). The number of nitrogens with zero attached hydrogens (tertiary/aromatic N) is 1. The van der Waals surface area contributed by atoms with Crippen molar-refractivity contribution in [1.82, 2.24) is 4.98 Å². The fourth-order valence-electron chi connectivity index (χ4n) is 1.86. The highest BCUT2D eigenvalue weighted by Crippen LogP contribution is 2.25. The molecule has 0 aliphatic rings. The maximum absolute atomic E-state index is 12.3. The van der Waals surface area contributed by atoms with Gasteiger partial charge in [-0.3, -0.25) is 4.79 Å². The molecule has 1 aromatic carbocycles. The lowest BCUT2D eigenvalue weighted by atomic mass is 10.1. The fourth-order valence-corrected chi connectivity index (χ4v) is 3.10. The number of carbonyl (C=O) groups is 1. The normalized spacial score (nSPS) is 10.5. The van der Waals surface area contributed by atoms with E-state index in [0.29, 0.717) is 6.42 Å². The highest BCUT2D eigenvalue weighted by molar-refractivity contribution is 9.10. The van der Waals surface area contributed by atoms with Crippen molar-refractivity contribution in [1.29, 1.82) is 0 Å². The first-order valence-corrected chi connectivity index (χ1v) is 7.42. The second-order valence-corrected chi connectivity index (χ2v) is 6.26. The van der Waals surface area contributed by atoms with Crippen molar-refractivity contribution in [3.8, 4) is 5.75 Å². The number of methoxy groups -OCH3 is 1. The monoisotopic (exact) mass is 339 g/mol. The fraction of sp³-hybridized carbons (Fsp3) is 0.286. The number of Topliss-reactive ketones (excluding diaryl/α,β-unsaturated/α-hetero) is 1. The van der Waals surface area contributed by atoms with Crippen molar-refractivity contribution in [2.24, 2.45) is 0 Å². The summed E-state index contributed by atoms with van der Waals surface area (Å²) in [5.41, 5.74) is 1.74. The first kappa shape index (κ1) is 14.2. The standard InChI is InChI=1S/C14H14BrNO2S/c1-8-14(19-9(2)16-8)13(17)7-10-6-11(18-3)4-5-12(10)15/h4-6H,7H2,1-3H3. The van der Waals surface area contributed by atoms with Gasteiger partial charge in [0.1, 0.15) is 5.75 Å². The Morgan fingerprint density at radius 1 is 1.42 bits per heavy atom. The van der Waals surface area contributed by atoms with Crippen LogP contribution in [0.15, 0.2) is 22.7 Å². The molecule has 19 heavy (non-hydrogen) atoms. The first-order chi connectivity index (χ1) is 9.01. The van der Waals surface area contributed by atoms with E-state index in [2.05, 4.69) is 20.9 Å². The number of hydrogen-bond donors (Lipinski definition) is 0. The van der Waals surface area contributed by atoms with Crippen molar-refractivity contribution in [3.05, 3.63) is 43.8 Å². The summed E-state index contributed by atoms with van der Waals surface area (Å²) in [6.45, 7) is 3.78. The van der Waals surface area contributed by atoms with Gasteiger partial charge in [-0.15, -0.1) is 11.3 Å². The number of ketones is 1. The third kappa shape index (κ3) is 3.22. The van der Waals surface area contributed by atoms with Crippen LogP contribution in [0, 0.1) is 13.8 Å². The zero-order chi connectivity index (χ0) is 14.0. The van der Waals surface area contributed by atoms with E-state index >= 15 is 0 Å². The van der Waals surface area contributed by atoms with E-state index in [9.17, 15) is 4.79 Å². The molecule has 0 saturated heterocycles. The van der Waals surface area contributed by atoms with Gasteiger partial charge in [-0.25, -0.2) is 4.98 Å². The Balaban J connectivity index is 2.26. The number of thiazole rings is 1. The predicted octanol–water partition coefficient (Wildman–Crippen LogP) is 3.96. The number of rotatable bonds is 4. The number of aryl methyl sites for hydroxylation is 2. The van der Waals surface area contributed by atoms with Crippen LogP contribution in [0.25, 0.3) is 0 Å². The molecule has 3 nitrogen and oxygen atoms in total. The van der Waals surface area contributed by atoms with E-state index in [0.717, 1.165) is 31.4 Å². The maximum atomic E-state index is 12.3. The van der Waals surface area contributed by atoms with Crippen molar-refractivity contribution < 1.29 is 9.53 Å². The van der Waals surface area contributed by atoms with E-state index in [1.165, 1.54) is 11.3 Å². The number of hydrogen-bond acceptors (Lipinski definition) is 4. The van der Waals surface area contributed by atoms with Crippen LogP contribution in [0.1, 0.15) is 25.9 Å². The topological polar surface area (TPSA) is 39.2 Å². The highest BCUT2D eigenvalue weighted by atomic mass is 79.9. The Kier molecular flexibility index (Phi) is 4.37. The second kappa shape index (κ2) is 5.84. The van der Waals surface area contributed by atoms with Gasteiger partial charge < -0.3 is 4.74 Å². The van der Waals surface area contributed by atoms with E-state index in [-0.39, 0.29) is 5.78 Å². The van der Waals surface area contributed by atoms with Gasteiger partial charge in [0.25, 0.3) is 0 Å². The molecule has 0 spiro atoms. The predicted molar refractivity (Wildman–Crippen MR) is 80.3 cm³/mol. The van der Waals surface area contributed by atoms with E-state index in [1.54, 1.807) is 7.11 Å². The van der Waals surface area contributed by atoms with E-state index in [4.69, 9.17) is 4.74 Å². The van der Waals surface area contributed by atoms with Crippen LogP contribution in [0.2, 0.25) is 0 Å². The molecule has 0 saturated carbocycles. The van der Waals surface area contributed by atoms with Crippen molar-refractivity contribution in [2.45, 2.75) is 20.3 Å². The molecule has 0 aliphatic carbocycles. The van der Waals surface area contributed by atoms with Gasteiger partial charge in [0.05, 0.1) is 22.7 Å². The van der Waals surface area contributed by atoms with Gasteiger partial charge in [-0.05, 0) is 37.6 Å². The number of halogens is 1. The Bertz CT molecular complexity index is 622. The molecule has 0 aliphatic heterocycles. The molecule has 2 aromatic rings. The molecule has 0 radical (unpaired) electrons. The lowest BCUT2D eigenvalue weighted by molar-refractivity contribution is 0.0996. The molecular weight excluding hydrogens is 326 g/mol. The molecule has 0 N–H and O–H groups in total. The SMILES string of the molecule is COc1ccc(Br)c(CC(=O)c2sc(C)nc2C)c1. The number of aromatic nitrogens is 1. The summed E-state index contributed by atoms with van der Waals surface area (Å²) in [5.74, 6) is 0.847. The van der Waals surface area contributed by atoms with Crippen LogP contribution in [0.5, 0.6) is 5.75 Å². The van der Waals surface area contributed by atoms with Crippen LogP contribution in [0.3, 0.4) is 0 Å². The average Bonchev–Trinajstić information content (AvgIpc) is 2.71. The molecule has 100 valence electrons. The molecular formula is C14H14BrNO2S. The van der Waals surface area contributed by atoms with Crippen LogP contribution in [0.4, 0.5) is 0 Å². The Morgan fingerprint density at radius 3 is 2.74 bits per heavy atom. The second-order valence-electron chi connectivity index (χ2n) is 4.20. The Labute approximate surface area is 124 Å². The summed E-state index contributed by atoms with van der Waals surface area (Å²) in [6, 6.07) is 5.64. The summed E-state index contributed by atoms with van der Waals surface area (Å²) >= 11 is 4.91. The minimum Gasteiger partial charge on any atom is -0.497 e. The summed E-state index contributed by atoms with van der Waals surface area (Å²) < 4.78 is 6.10. The molecule has 5 heteroatoms. The van der Waals surface area contributed by atoms with Crippen molar-refractivity contribution in [2.75, 3.05) is 7.11 Å². The minimum absolute atomic E-state index is 0.0945. The first-order valence-electron chi connectivity index (χ1n) is 5.81. The summed E-state index contributed by atoms with van der Waals surface area (Å²) in [6.07, 6.45) is 0.347. The average molecular weight is 340 g/mol. The maximum Gasteiger partial charge on any atom is 0.179 e. The van der Waals surface area contributed by atoms with Crippen molar-refractivity contribution in [3.63, 3.8) is 0 Å². The van der Waals surface area contributed by atoms with Crippen molar-refractivity contribution >= 4 is 33.0 Å². The molecule has 1 heterocycles. The zero-order valence-corrected chi connectivity index (χ0v) is 13.4. The van der Waals surface area contributed by atoms with Gasteiger partial charge in [0, 0.05) is 10.9 Å². The van der Waals surface area contributed by atoms with Crippen LogP contribution >= 0.6 is 27.3 Å². The smallest absolute Gasteiger partial charge is 0.179 e. The number of benzene rings is 1. The van der Waals surface area contributed by atoms with E-state index in [1.807, 2.05) is 32.0 Å². The van der Waals surface area contributed by atoms with Gasteiger partial charge in [0.2, 0.25) is 0 Å². The third-order valence-corrected chi connectivity index (χ3v) is 4.65. The van der Waals surface area contributed by atoms with Gasteiger partial charge in [0.15, 0.2) is 5.78 Å². The number of ether oxygens (including phenoxy) is 1. The lowest BCUT2D eigenvalue weighted by Crippen LogP contribution is -2.04. The van der Waals surface area contributed by atoms with Crippen LogP contribution in [-0.4, -0.2) is 17.9 Å². The van der Waals surface area contributed by atoms with Crippen LogP contribution in [-0.2, 0) is 6.42 Å². The third-order valence-electron chi connectivity index (χ3n) is 2.76. The Morgan fingerprint density at radius 2 is 2.16 bits per heavy atom. The van der Waals surface area contributed by atoms with Gasteiger partial charge in [-0.1, -0.05) is 15.9 Å².